The molecule has 0 saturated heterocycles. The Morgan fingerprint density at radius 1 is 0.795 bits per heavy atom. The number of anilines is 1. The number of unbranched alkanes of at least 4 members (excludes halogenated alkanes) is 1. The molecule has 0 aliphatic rings. The van der Waals surface area contributed by atoms with E-state index in [1.165, 1.54) is 24.1 Å². The lowest BCUT2D eigenvalue weighted by Crippen LogP contribution is -2.53. The molecule has 0 aliphatic carbocycles. The van der Waals surface area contributed by atoms with Crippen LogP contribution >= 0.6 is 0 Å². The van der Waals surface area contributed by atoms with Gasteiger partial charge in [-0.25, -0.2) is 8.42 Å². The van der Waals surface area contributed by atoms with Crippen LogP contribution in [-0.2, 0) is 32.6 Å². The highest BCUT2D eigenvalue weighted by Crippen LogP contribution is 2.32. The first-order chi connectivity index (χ1) is 21.3. The van der Waals surface area contributed by atoms with E-state index in [-0.39, 0.29) is 29.5 Å². The van der Waals surface area contributed by atoms with Crippen LogP contribution in [0.2, 0.25) is 0 Å². The van der Waals surface area contributed by atoms with Crippen LogP contribution < -0.4 is 14.4 Å². The molecule has 0 aliphatic heterocycles. The van der Waals surface area contributed by atoms with Gasteiger partial charge in [0.2, 0.25) is 11.8 Å². The van der Waals surface area contributed by atoms with E-state index in [1.807, 2.05) is 67.6 Å². The summed E-state index contributed by atoms with van der Waals surface area (Å²) in [5, 5.41) is 3.00. The van der Waals surface area contributed by atoms with Crippen molar-refractivity contribution in [1.82, 2.24) is 10.2 Å². The molecular weight excluding hydrogens is 574 g/mol. The first-order valence-corrected chi connectivity index (χ1v) is 16.1. The van der Waals surface area contributed by atoms with Crippen molar-refractivity contribution in [2.24, 2.45) is 0 Å². The zero-order valence-corrected chi connectivity index (χ0v) is 26.0. The summed E-state index contributed by atoms with van der Waals surface area (Å²) < 4.78 is 34.8. The van der Waals surface area contributed by atoms with Crippen LogP contribution in [0, 0.1) is 0 Å². The third-order valence-electron chi connectivity index (χ3n) is 7.26. The molecule has 0 spiro atoms. The molecule has 0 fully saturated rings. The third-order valence-corrected chi connectivity index (χ3v) is 9.03. The third kappa shape index (κ3) is 8.26. The van der Waals surface area contributed by atoms with Gasteiger partial charge in [-0.2, -0.15) is 0 Å². The number of para-hydroxylation sites is 2. The normalized spacial score (nSPS) is 11.8. The molecule has 4 aromatic carbocycles. The zero-order chi connectivity index (χ0) is 31.4. The smallest absolute Gasteiger partial charge is 0.264 e. The molecule has 0 saturated carbocycles. The van der Waals surface area contributed by atoms with Crippen molar-refractivity contribution in [3.63, 3.8) is 0 Å². The van der Waals surface area contributed by atoms with Crippen molar-refractivity contribution in [2.75, 3.05) is 24.5 Å². The monoisotopic (exact) mass is 613 g/mol. The number of rotatable bonds is 15. The van der Waals surface area contributed by atoms with Crippen molar-refractivity contribution in [2.45, 2.75) is 43.7 Å². The van der Waals surface area contributed by atoms with E-state index in [9.17, 15) is 18.0 Å². The second-order valence-electron chi connectivity index (χ2n) is 10.4. The molecule has 4 rings (SSSR count). The maximum atomic E-state index is 14.5. The predicted molar refractivity (Wildman–Crippen MR) is 173 cm³/mol. The Balaban J connectivity index is 1.79. The van der Waals surface area contributed by atoms with Crippen molar-refractivity contribution >= 4 is 27.5 Å². The fourth-order valence-electron chi connectivity index (χ4n) is 4.91. The van der Waals surface area contributed by atoms with Crippen molar-refractivity contribution < 1.29 is 22.7 Å². The number of carbonyl (C=O) groups excluding carboxylic acids is 2. The number of amides is 2. The van der Waals surface area contributed by atoms with Gasteiger partial charge in [-0.1, -0.05) is 104 Å². The van der Waals surface area contributed by atoms with Crippen LogP contribution in [-0.4, -0.2) is 51.4 Å². The summed E-state index contributed by atoms with van der Waals surface area (Å²) in [5.41, 5.74) is 1.92. The second kappa shape index (κ2) is 15.7. The van der Waals surface area contributed by atoms with Gasteiger partial charge in [0.15, 0.2) is 0 Å². The zero-order valence-electron chi connectivity index (χ0n) is 25.1. The molecule has 9 heteroatoms. The van der Waals surface area contributed by atoms with Crippen LogP contribution in [0.5, 0.6) is 5.75 Å². The fourth-order valence-corrected chi connectivity index (χ4v) is 6.35. The van der Waals surface area contributed by atoms with Gasteiger partial charge in [0.1, 0.15) is 18.3 Å². The molecule has 4 aromatic rings. The van der Waals surface area contributed by atoms with Crippen molar-refractivity contribution in [3.8, 4) is 5.75 Å². The number of ether oxygens (including phenoxy) is 1. The molecule has 1 unspecified atom stereocenters. The number of benzene rings is 4. The van der Waals surface area contributed by atoms with Gasteiger partial charge in [0, 0.05) is 19.5 Å². The quantitative estimate of drug-likeness (QED) is 0.180. The lowest BCUT2D eigenvalue weighted by atomic mass is 10.0. The summed E-state index contributed by atoms with van der Waals surface area (Å²) in [6, 6.07) is 32.6. The Bertz CT molecular complexity index is 1600. The second-order valence-corrected chi connectivity index (χ2v) is 12.2. The summed E-state index contributed by atoms with van der Waals surface area (Å²) in [6.07, 6.45) is 1.96. The van der Waals surface area contributed by atoms with Crippen LogP contribution in [0.4, 0.5) is 5.69 Å². The first-order valence-electron chi connectivity index (χ1n) is 14.7. The van der Waals surface area contributed by atoms with Gasteiger partial charge >= 0.3 is 0 Å². The van der Waals surface area contributed by atoms with Crippen molar-refractivity contribution in [3.05, 3.63) is 126 Å². The molecule has 44 heavy (non-hydrogen) atoms. The number of nitrogens with zero attached hydrogens (tertiary/aromatic N) is 2. The largest absolute Gasteiger partial charge is 0.495 e. The molecule has 0 bridgehead atoms. The molecule has 8 nitrogen and oxygen atoms in total. The van der Waals surface area contributed by atoms with Crippen LogP contribution in [0.1, 0.15) is 30.9 Å². The average Bonchev–Trinajstić information content (AvgIpc) is 3.06. The highest BCUT2D eigenvalue weighted by molar-refractivity contribution is 7.92. The topological polar surface area (TPSA) is 96.0 Å². The minimum absolute atomic E-state index is 0.0338. The Kier molecular flexibility index (Phi) is 11.5. The average molecular weight is 614 g/mol. The summed E-state index contributed by atoms with van der Waals surface area (Å²) in [4.78, 5) is 29.8. The molecule has 2 amide bonds. The molecule has 1 atom stereocenters. The van der Waals surface area contributed by atoms with E-state index < -0.39 is 28.5 Å². The van der Waals surface area contributed by atoms with E-state index in [2.05, 4.69) is 5.32 Å². The predicted octanol–water partition coefficient (Wildman–Crippen LogP) is 5.45. The van der Waals surface area contributed by atoms with E-state index in [0.29, 0.717) is 12.3 Å². The standard InChI is InChI=1S/C35H39N3O5S/c1-3-4-24-36-35(40)32(25-28-16-8-5-9-17-28)37(26-29-18-10-6-11-19-29)34(39)27-38(31-22-14-15-23-33(31)43-2)44(41,42)30-20-12-7-13-21-30/h5-23,32H,3-4,24-27H2,1-2H3,(H,36,40). The minimum atomic E-state index is -4.21. The highest BCUT2D eigenvalue weighted by atomic mass is 32.2. The van der Waals surface area contributed by atoms with Gasteiger partial charge in [-0.15, -0.1) is 0 Å². The molecular formula is C35H39N3O5S. The van der Waals surface area contributed by atoms with Crippen LogP contribution in [0.15, 0.2) is 120 Å². The summed E-state index contributed by atoms with van der Waals surface area (Å²) >= 11 is 0. The Hall–Kier alpha value is -4.63. The van der Waals surface area contributed by atoms with Gasteiger partial charge in [-0.05, 0) is 41.8 Å². The summed E-state index contributed by atoms with van der Waals surface area (Å²) in [5.74, 6) is -0.514. The fraction of sp³-hybridized carbons (Fsp3) is 0.257. The maximum absolute atomic E-state index is 14.5. The first kappa shape index (κ1) is 32.3. The summed E-state index contributed by atoms with van der Waals surface area (Å²) in [6.45, 7) is 2.09. The van der Waals surface area contributed by atoms with E-state index >= 15 is 0 Å². The number of hydrogen-bond acceptors (Lipinski definition) is 5. The number of nitrogens with one attached hydrogen (secondary N) is 1. The van der Waals surface area contributed by atoms with E-state index in [1.54, 1.807) is 42.5 Å². The Morgan fingerprint density at radius 3 is 1.98 bits per heavy atom. The number of hydrogen-bond donors (Lipinski definition) is 1. The number of sulfonamides is 1. The van der Waals surface area contributed by atoms with Gasteiger partial charge in [-0.3, -0.25) is 13.9 Å². The summed E-state index contributed by atoms with van der Waals surface area (Å²) in [7, 11) is -2.75. The molecule has 0 aromatic heterocycles. The molecule has 0 heterocycles. The molecule has 230 valence electrons. The van der Waals surface area contributed by atoms with E-state index in [4.69, 9.17) is 4.74 Å². The van der Waals surface area contributed by atoms with Crippen molar-refractivity contribution in [1.29, 1.82) is 0 Å². The van der Waals surface area contributed by atoms with Gasteiger partial charge in [0.25, 0.3) is 10.0 Å². The number of carbonyl (C=O) groups is 2. The van der Waals surface area contributed by atoms with Gasteiger partial charge in [0.05, 0.1) is 17.7 Å². The van der Waals surface area contributed by atoms with Crippen LogP contribution in [0.3, 0.4) is 0 Å². The lowest BCUT2D eigenvalue weighted by molar-refractivity contribution is -0.140. The minimum Gasteiger partial charge on any atom is -0.495 e. The SMILES string of the molecule is CCCCNC(=O)C(Cc1ccccc1)N(Cc1ccccc1)C(=O)CN(c1ccccc1OC)S(=O)(=O)c1ccccc1. The van der Waals surface area contributed by atoms with E-state index in [0.717, 1.165) is 28.3 Å². The van der Waals surface area contributed by atoms with Crippen LogP contribution in [0.25, 0.3) is 0 Å². The Labute approximate surface area is 260 Å². The lowest BCUT2D eigenvalue weighted by Gasteiger charge is -2.34. The Morgan fingerprint density at radius 2 is 1.36 bits per heavy atom. The van der Waals surface area contributed by atoms with Gasteiger partial charge < -0.3 is 15.0 Å². The number of methoxy groups -OCH3 is 1. The molecule has 0 radical (unpaired) electrons. The molecule has 1 N–H and O–H groups in total. The highest BCUT2D eigenvalue weighted by Gasteiger charge is 2.35. The maximum Gasteiger partial charge on any atom is 0.264 e.